The van der Waals surface area contributed by atoms with Gasteiger partial charge >= 0.3 is 0 Å². The summed E-state index contributed by atoms with van der Waals surface area (Å²) in [4.78, 5) is 4.71. The van der Waals surface area contributed by atoms with Gasteiger partial charge in [-0.25, -0.2) is 0 Å². The Morgan fingerprint density at radius 3 is 2.48 bits per heavy atom. The second-order valence-corrected chi connectivity index (χ2v) is 7.35. The van der Waals surface area contributed by atoms with Crippen molar-refractivity contribution in [1.29, 1.82) is 0 Å². The van der Waals surface area contributed by atoms with Crippen LogP contribution in [-0.2, 0) is 12.8 Å². The third kappa shape index (κ3) is 6.84. The standard InChI is InChI=1S/C17H20ClN.C8H10/c1-4-5-13(3)17-9-8-16(19-17)11-14-10-15(18)7-6-12(14)2;1-2-8-6-4-3-5-7-8/h6-7,9-10H,3-5,8,11H2,1-2H3;3-7H,2H2,1H3. The first kappa shape index (κ1) is 21.2. The number of allylic oxidation sites excluding steroid dienone is 2. The molecule has 27 heavy (non-hydrogen) atoms. The monoisotopic (exact) mass is 379 g/mol. The quantitative estimate of drug-likeness (QED) is 0.492. The zero-order chi connectivity index (χ0) is 19.6. The Labute approximate surface area is 169 Å². The second-order valence-electron chi connectivity index (χ2n) is 6.91. The molecule has 2 aromatic carbocycles. The lowest BCUT2D eigenvalue weighted by atomic mass is 10.0. The van der Waals surface area contributed by atoms with Crippen LogP contribution < -0.4 is 0 Å². The van der Waals surface area contributed by atoms with Crippen molar-refractivity contribution in [1.82, 2.24) is 0 Å². The lowest BCUT2D eigenvalue weighted by Gasteiger charge is -2.06. The summed E-state index contributed by atoms with van der Waals surface area (Å²) in [5.41, 5.74) is 7.39. The molecule has 2 heteroatoms. The average molecular weight is 380 g/mol. The summed E-state index contributed by atoms with van der Waals surface area (Å²) in [6.07, 6.45) is 7.29. The number of hydrogen-bond donors (Lipinski definition) is 0. The molecule has 0 N–H and O–H groups in total. The molecule has 0 saturated heterocycles. The van der Waals surface area contributed by atoms with E-state index in [9.17, 15) is 0 Å². The fraction of sp³-hybridized carbons (Fsp3) is 0.320. The molecule has 0 saturated carbocycles. The van der Waals surface area contributed by atoms with Gasteiger partial charge < -0.3 is 0 Å². The number of halogens is 1. The van der Waals surface area contributed by atoms with Gasteiger partial charge in [0.1, 0.15) is 0 Å². The summed E-state index contributed by atoms with van der Waals surface area (Å²) in [6, 6.07) is 16.5. The fourth-order valence-electron chi connectivity index (χ4n) is 3.01. The number of aryl methyl sites for hydroxylation is 2. The number of hydrogen-bond acceptors (Lipinski definition) is 1. The predicted molar refractivity (Wildman–Crippen MR) is 120 cm³/mol. The van der Waals surface area contributed by atoms with Crippen molar-refractivity contribution >= 4 is 17.3 Å². The summed E-state index contributed by atoms with van der Waals surface area (Å²) in [5.74, 6) is 0. The van der Waals surface area contributed by atoms with Crippen LogP contribution in [0.1, 0.15) is 49.8 Å². The van der Waals surface area contributed by atoms with E-state index < -0.39 is 0 Å². The van der Waals surface area contributed by atoms with Gasteiger partial charge in [0.2, 0.25) is 0 Å². The van der Waals surface area contributed by atoms with Crippen LogP contribution in [0.15, 0.2) is 77.4 Å². The SMILES string of the molecule is C=C(CCC)C1=CCC(Cc2cc(Cl)ccc2C)=N1.CCc1ccccc1. The van der Waals surface area contributed by atoms with Crippen LogP contribution in [0.2, 0.25) is 5.02 Å². The molecule has 1 aliphatic rings. The number of benzene rings is 2. The van der Waals surface area contributed by atoms with Gasteiger partial charge in [-0.15, -0.1) is 0 Å². The minimum Gasteiger partial charge on any atom is -0.257 e. The summed E-state index contributed by atoms with van der Waals surface area (Å²) < 4.78 is 0. The van der Waals surface area contributed by atoms with E-state index in [1.54, 1.807) is 0 Å². The van der Waals surface area contributed by atoms with E-state index in [0.717, 1.165) is 48.4 Å². The van der Waals surface area contributed by atoms with E-state index >= 15 is 0 Å². The van der Waals surface area contributed by atoms with Gasteiger partial charge in [0.25, 0.3) is 0 Å². The average Bonchev–Trinajstić information content (AvgIpc) is 3.15. The van der Waals surface area contributed by atoms with Gasteiger partial charge in [0.05, 0.1) is 5.70 Å². The Morgan fingerprint density at radius 1 is 1.11 bits per heavy atom. The van der Waals surface area contributed by atoms with Gasteiger partial charge in [-0.05, 0) is 54.2 Å². The topological polar surface area (TPSA) is 12.4 Å². The molecule has 0 fully saturated rings. The van der Waals surface area contributed by atoms with Crippen LogP contribution in [0.3, 0.4) is 0 Å². The van der Waals surface area contributed by atoms with Gasteiger partial charge in [0.15, 0.2) is 0 Å². The van der Waals surface area contributed by atoms with Crippen molar-refractivity contribution in [2.75, 3.05) is 0 Å². The second kappa shape index (κ2) is 10.9. The van der Waals surface area contributed by atoms with Crippen molar-refractivity contribution in [3.63, 3.8) is 0 Å². The van der Waals surface area contributed by atoms with Crippen LogP contribution in [-0.4, -0.2) is 5.71 Å². The highest BCUT2D eigenvalue weighted by molar-refractivity contribution is 6.30. The normalized spacial score (nSPS) is 12.7. The highest BCUT2D eigenvalue weighted by Crippen LogP contribution is 2.24. The predicted octanol–water partition coefficient (Wildman–Crippen LogP) is 7.52. The third-order valence-electron chi connectivity index (χ3n) is 4.68. The molecular weight excluding hydrogens is 350 g/mol. The van der Waals surface area contributed by atoms with Crippen LogP contribution in [0, 0.1) is 6.92 Å². The van der Waals surface area contributed by atoms with E-state index in [0.29, 0.717) is 0 Å². The first-order valence-electron chi connectivity index (χ1n) is 9.77. The highest BCUT2D eigenvalue weighted by atomic mass is 35.5. The maximum Gasteiger partial charge on any atom is 0.0619 e. The molecule has 1 aliphatic heterocycles. The summed E-state index contributed by atoms with van der Waals surface area (Å²) in [6.45, 7) is 10.5. The van der Waals surface area contributed by atoms with Crippen LogP contribution in [0.5, 0.6) is 0 Å². The molecule has 0 unspecified atom stereocenters. The number of aliphatic imine (C=N–C) groups is 1. The van der Waals surface area contributed by atoms with Crippen LogP contribution in [0.25, 0.3) is 0 Å². The molecule has 1 heterocycles. The molecule has 0 atom stereocenters. The zero-order valence-electron chi connectivity index (χ0n) is 16.8. The minimum atomic E-state index is 0.794. The maximum absolute atomic E-state index is 6.06. The third-order valence-corrected chi connectivity index (χ3v) is 4.92. The van der Waals surface area contributed by atoms with Gasteiger partial charge in [-0.1, -0.05) is 80.9 Å². The van der Waals surface area contributed by atoms with Crippen molar-refractivity contribution < 1.29 is 0 Å². The van der Waals surface area contributed by atoms with E-state index in [-0.39, 0.29) is 0 Å². The zero-order valence-corrected chi connectivity index (χ0v) is 17.5. The number of rotatable bonds is 6. The fourth-order valence-corrected chi connectivity index (χ4v) is 3.20. The Hall–Kier alpha value is -2.12. The Kier molecular flexibility index (Phi) is 8.54. The molecule has 2 aromatic rings. The maximum atomic E-state index is 6.06. The summed E-state index contributed by atoms with van der Waals surface area (Å²) >= 11 is 6.06. The molecule has 0 amide bonds. The Bertz CT molecular complexity index is 815. The van der Waals surface area contributed by atoms with Gasteiger partial charge in [0, 0.05) is 23.6 Å². The van der Waals surface area contributed by atoms with E-state index in [1.165, 1.54) is 22.4 Å². The molecule has 0 aliphatic carbocycles. The summed E-state index contributed by atoms with van der Waals surface area (Å²) in [7, 11) is 0. The van der Waals surface area contributed by atoms with E-state index in [1.807, 2.05) is 18.2 Å². The van der Waals surface area contributed by atoms with Crippen LogP contribution >= 0.6 is 11.6 Å². The molecular formula is C25H30ClN. The first-order chi connectivity index (χ1) is 13.0. The van der Waals surface area contributed by atoms with Crippen LogP contribution in [0.4, 0.5) is 0 Å². The lowest BCUT2D eigenvalue weighted by molar-refractivity contribution is 0.912. The largest absolute Gasteiger partial charge is 0.257 e. The molecule has 3 rings (SSSR count). The summed E-state index contributed by atoms with van der Waals surface area (Å²) in [5, 5.41) is 0.794. The number of nitrogens with zero attached hydrogens (tertiary/aromatic N) is 1. The Balaban J connectivity index is 0.000000273. The lowest BCUT2D eigenvalue weighted by Crippen LogP contribution is -2.01. The highest BCUT2D eigenvalue weighted by Gasteiger charge is 2.12. The van der Waals surface area contributed by atoms with Gasteiger partial charge in [-0.2, -0.15) is 0 Å². The van der Waals surface area contributed by atoms with E-state index in [4.69, 9.17) is 16.6 Å². The molecule has 0 spiro atoms. The van der Waals surface area contributed by atoms with Crippen molar-refractivity contribution in [3.8, 4) is 0 Å². The van der Waals surface area contributed by atoms with Crippen molar-refractivity contribution in [3.05, 3.63) is 94.2 Å². The van der Waals surface area contributed by atoms with Crippen molar-refractivity contribution in [2.45, 2.75) is 52.9 Å². The van der Waals surface area contributed by atoms with E-state index in [2.05, 4.69) is 63.8 Å². The first-order valence-corrected chi connectivity index (χ1v) is 10.1. The van der Waals surface area contributed by atoms with Crippen molar-refractivity contribution in [2.24, 2.45) is 4.99 Å². The smallest absolute Gasteiger partial charge is 0.0619 e. The molecule has 0 radical (unpaired) electrons. The minimum absolute atomic E-state index is 0.794. The molecule has 0 bridgehead atoms. The Morgan fingerprint density at radius 2 is 1.85 bits per heavy atom. The molecule has 1 nitrogen and oxygen atoms in total. The van der Waals surface area contributed by atoms with Gasteiger partial charge in [-0.3, -0.25) is 4.99 Å². The molecule has 142 valence electrons. The molecule has 0 aromatic heterocycles.